The third-order valence-corrected chi connectivity index (χ3v) is 5.01. The number of nitrogens with one attached hydrogen (secondary N) is 1. The topological polar surface area (TPSA) is 122 Å². The predicted octanol–water partition coefficient (Wildman–Crippen LogP) is 2.65. The van der Waals surface area contributed by atoms with Crippen molar-refractivity contribution < 1.29 is 14.6 Å². The number of nitrogens with zero attached hydrogens (tertiary/aromatic N) is 4. The maximum atomic E-state index is 12.5. The number of piperazine rings is 1. The van der Waals surface area contributed by atoms with E-state index in [1.165, 1.54) is 12.1 Å². The molecule has 0 radical (unpaired) electrons. The molecular weight excluding hydrogens is 390 g/mol. The molecule has 1 aliphatic rings. The molecule has 10 nitrogen and oxygen atoms in total. The number of hydrogen-bond donors (Lipinski definition) is 1. The minimum atomic E-state index is -0.454. The van der Waals surface area contributed by atoms with Crippen LogP contribution in [0.1, 0.15) is 12.0 Å². The zero-order chi connectivity index (χ0) is 21.5. The Bertz CT molecular complexity index is 927. The molecule has 0 spiro atoms. The van der Waals surface area contributed by atoms with Gasteiger partial charge in [-0.05, 0) is 11.6 Å². The van der Waals surface area contributed by atoms with E-state index in [2.05, 4.69) is 10.2 Å². The predicted molar refractivity (Wildman–Crippen MR) is 111 cm³/mol. The van der Waals surface area contributed by atoms with Gasteiger partial charge < -0.3 is 10.2 Å². The van der Waals surface area contributed by atoms with Crippen molar-refractivity contribution in [3.63, 3.8) is 0 Å². The molecule has 1 aliphatic heterocycles. The molecule has 2 aromatic rings. The van der Waals surface area contributed by atoms with Crippen LogP contribution >= 0.6 is 0 Å². The molecule has 1 N–H and O–H groups in total. The number of carbonyl (C=O) groups is 1. The number of hydrogen-bond acceptors (Lipinski definition) is 7. The summed E-state index contributed by atoms with van der Waals surface area (Å²) in [4.78, 5) is 37.5. The maximum Gasteiger partial charge on any atom is 0.292 e. The van der Waals surface area contributed by atoms with Gasteiger partial charge >= 0.3 is 0 Å². The molecule has 0 atom stereocenters. The fourth-order valence-corrected chi connectivity index (χ4v) is 3.43. The Kier molecular flexibility index (Phi) is 6.91. The summed E-state index contributed by atoms with van der Waals surface area (Å²) in [7, 11) is 0. The minimum absolute atomic E-state index is 0.00363. The lowest BCUT2D eigenvalue weighted by Gasteiger charge is -2.34. The molecule has 1 amide bonds. The lowest BCUT2D eigenvalue weighted by Crippen LogP contribution is -2.48. The van der Waals surface area contributed by atoms with E-state index < -0.39 is 9.85 Å². The SMILES string of the molecule is O=C(CCNc1ccccc1[N+](=O)[O-])N1CCN(Cc2cccc([N+](=O)[O-])c2)CC1. The Balaban J connectivity index is 1.44. The number of rotatable bonds is 8. The number of carbonyl (C=O) groups excluding carboxylic acids is 1. The first-order chi connectivity index (χ1) is 14.4. The van der Waals surface area contributed by atoms with Crippen LogP contribution < -0.4 is 5.32 Å². The Labute approximate surface area is 173 Å². The number of amides is 1. The van der Waals surface area contributed by atoms with Crippen LogP contribution in [0.5, 0.6) is 0 Å². The summed E-state index contributed by atoms with van der Waals surface area (Å²) < 4.78 is 0. The maximum absolute atomic E-state index is 12.5. The first-order valence-corrected chi connectivity index (χ1v) is 9.65. The van der Waals surface area contributed by atoms with Gasteiger partial charge in [-0.25, -0.2) is 0 Å². The molecule has 1 heterocycles. The van der Waals surface area contributed by atoms with E-state index in [4.69, 9.17) is 0 Å². The molecule has 158 valence electrons. The molecule has 3 rings (SSSR count). The molecule has 1 fully saturated rings. The quantitative estimate of drug-likeness (QED) is 0.521. The highest BCUT2D eigenvalue weighted by Gasteiger charge is 2.21. The van der Waals surface area contributed by atoms with Crippen molar-refractivity contribution in [2.24, 2.45) is 0 Å². The summed E-state index contributed by atoms with van der Waals surface area (Å²) in [6, 6.07) is 12.9. The Morgan fingerprint density at radius 2 is 1.70 bits per heavy atom. The minimum Gasteiger partial charge on any atom is -0.379 e. The second kappa shape index (κ2) is 9.79. The van der Waals surface area contributed by atoms with Crippen LogP contribution in [0.3, 0.4) is 0 Å². The third kappa shape index (κ3) is 5.51. The normalized spacial score (nSPS) is 14.3. The van der Waals surface area contributed by atoms with Crippen molar-refractivity contribution in [2.45, 2.75) is 13.0 Å². The van der Waals surface area contributed by atoms with Crippen molar-refractivity contribution >= 4 is 23.0 Å². The van der Waals surface area contributed by atoms with Gasteiger partial charge in [-0.1, -0.05) is 24.3 Å². The van der Waals surface area contributed by atoms with Gasteiger partial charge in [-0.3, -0.25) is 29.9 Å². The molecule has 30 heavy (non-hydrogen) atoms. The summed E-state index contributed by atoms with van der Waals surface area (Å²) in [5, 5.41) is 24.9. The van der Waals surface area contributed by atoms with Crippen LogP contribution in [0.2, 0.25) is 0 Å². The van der Waals surface area contributed by atoms with Crippen molar-refractivity contribution in [3.05, 3.63) is 74.3 Å². The number of anilines is 1. The van der Waals surface area contributed by atoms with Gasteiger partial charge in [0.1, 0.15) is 5.69 Å². The average molecular weight is 413 g/mol. The van der Waals surface area contributed by atoms with Crippen LogP contribution in [0.4, 0.5) is 17.1 Å². The fourth-order valence-electron chi connectivity index (χ4n) is 3.43. The summed E-state index contributed by atoms with van der Waals surface area (Å²) in [5.41, 5.74) is 1.34. The lowest BCUT2D eigenvalue weighted by molar-refractivity contribution is -0.385. The monoisotopic (exact) mass is 413 g/mol. The summed E-state index contributed by atoms with van der Waals surface area (Å²) >= 11 is 0. The summed E-state index contributed by atoms with van der Waals surface area (Å²) in [5.74, 6) is -0.00363. The molecule has 0 bridgehead atoms. The fraction of sp³-hybridized carbons (Fsp3) is 0.350. The van der Waals surface area contributed by atoms with Gasteiger partial charge in [0.15, 0.2) is 0 Å². The first-order valence-electron chi connectivity index (χ1n) is 9.65. The van der Waals surface area contributed by atoms with Gasteiger partial charge in [0.25, 0.3) is 11.4 Å². The molecule has 10 heteroatoms. The number of nitro groups is 2. The van der Waals surface area contributed by atoms with Crippen LogP contribution in [-0.4, -0.2) is 58.3 Å². The second-order valence-corrected chi connectivity index (χ2v) is 7.03. The Morgan fingerprint density at radius 1 is 0.967 bits per heavy atom. The van der Waals surface area contributed by atoms with E-state index in [1.807, 2.05) is 6.07 Å². The van der Waals surface area contributed by atoms with Crippen LogP contribution in [0.25, 0.3) is 0 Å². The zero-order valence-corrected chi connectivity index (χ0v) is 16.4. The largest absolute Gasteiger partial charge is 0.379 e. The van der Waals surface area contributed by atoms with Crippen molar-refractivity contribution in [2.75, 3.05) is 38.0 Å². The smallest absolute Gasteiger partial charge is 0.292 e. The van der Waals surface area contributed by atoms with E-state index in [0.29, 0.717) is 45.0 Å². The standard InChI is InChI=1S/C20H23N5O5/c26-20(8-9-21-18-6-1-2-7-19(18)25(29)30)23-12-10-22(11-13-23)15-16-4-3-5-17(14-16)24(27)28/h1-7,14,21H,8-13,15H2. The van der Waals surface area contributed by atoms with Crippen LogP contribution in [0.15, 0.2) is 48.5 Å². The van der Waals surface area contributed by atoms with E-state index in [-0.39, 0.29) is 23.7 Å². The lowest BCUT2D eigenvalue weighted by atomic mass is 10.1. The van der Waals surface area contributed by atoms with Gasteiger partial charge in [-0.15, -0.1) is 0 Å². The van der Waals surface area contributed by atoms with E-state index in [9.17, 15) is 25.0 Å². The van der Waals surface area contributed by atoms with Gasteiger partial charge in [0.2, 0.25) is 5.91 Å². The molecule has 0 saturated carbocycles. The second-order valence-electron chi connectivity index (χ2n) is 7.03. The van der Waals surface area contributed by atoms with Crippen LogP contribution in [-0.2, 0) is 11.3 Å². The zero-order valence-electron chi connectivity index (χ0n) is 16.4. The summed E-state index contributed by atoms with van der Waals surface area (Å²) in [6.07, 6.45) is 0.247. The molecule has 1 saturated heterocycles. The van der Waals surface area contributed by atoms with E-state index in [1.54, 1.807) is 35.2 Å². The first kappa shape index (κ1) is 21.2. The Morgan fingerprint density at radius 3 is 2.40 bits per heavy atom. The van der Waals surface area contributed by atoms with Crippen LogP contribution in [0, 0.1) is 20.2 Å². The molecule has 0 aliphatic carbocycles. The van der Waals surface area contributed by atoms with Gasteiger partial charge in [-0.2, -0.15) is 0 Å². The molecule has 0 aromatic heterocycles. The highest BCUT2D eigenvalue weighted by molar-refractivity contribution is 5.77. The van der Waals surface area contributed by atoms with Crippen molar-refractivity contribution in [1.82, 2.24) is 9.80 Å². The van der Waals surface area contributed by atoms with E-state index >= 15 is 0 Å². The van der Waals surface area contributed by atoms with Gasteiger partial charge in [0.05, 0.1) is 9.85 Å². The van der Waals surface area contributed by atoms with Crippen molar-refractivity contribution in [3.8, 4) is 0 Å². The average Bonchev–Trinajstić information content (AvgIpc) is 2.74. The highest BCUT2D eigenvalue weighted by atomic mass is 16.6. The van der Waals surface area contributed by atoms with E-state index in [0.717, 1.165) is 5.56 Å². The molecular formula is C20H23N5O5. The Hall–Kier alpha value is -3.53. The highest BCUT2D eigenvalue weighted by Crippen LogP contribution is 2.23. The summed E-state index contributed by atoms with van der Waals surface area (Å²) in [6.45, 7) is 3.46. The number of nitro benzene ring substituents is 2. The number of benzene rings is 2. The number of para-hydroxylation sites is 2. The molecule has 0 unspecified atom stereocenters. The molecule has 2 aromatic carbocycles. The van der Waals surface area contributed by atoms with Crippen molar-refractivity contribution in [1.29, 1.82) is 0 Å². The third-order valence-electron chi connectivity index (χ3n) is 5.01. The van der Waals surface area contributed by atoms with Gasteiger partial charge in [0, 0.05) is 63.9 Å². The number of non-ortho nitro benzene ring substituents is 1.